The zero-order valence-corrected chi connectivity index (χ0v) is 9.15. The van der Waals surface area contributed by atoms with Gasteiger partial charge in [-0.1, -0.05) is 6.07 Å². The van der Waals surface area contributed by atoms with Gasteiger partial charge >= 0.3 is 0 Å². The lowest BCUT2D eigenvalue weighted by molar-refractivity contribution is -0.129. The van der Waals surface area contributed by atoms with E-state index in [0.29, 0.717) is 0 Å². The largest absolute Gasteiger partial charge is 0.341 e. The van der Waals surface area contributed by atoms with E-state index in [1.165, 1.54) is 0 Å². The van der Waals surface area contributed by atoms with E-state index in [9.17, 15) is 4.79 Å². The lowest BCUT2D eigenvalue weighted by atomic mass is 10.2. The zero-order valence-electron chi connectivity index (χ0n) is 8.40. The molecule has 1 unspecified atom stereocenters. The van der Waals surface area contributed by atoms with Crippen molar-refractivity contribution in [3.05, 3.63) is 30.1 Å². The molecule has 0 N–H and O–H groups in total. The Morgan fingerprint density at radius 2 is 2.20 bits per heavy atom. The summed E-state index contributed by atoms with van der Waals surface area (Å²) >= 11 is 6.11. The third-order valence-corrected chi connectivity index (χ3v) is 3.05. The van der Waals surface area contributed by atoms with Gasteiger partial charge in [-0.15, -0.1) is 11.6 Å². The molecule has 4 heteroatoms. The summed E-state index contributed by atoms with van der Waals surface area (Å²) in [6, 6.07) is 3.63. The van der Waals surface area contributed by atoms with Crippen molar-refractivity contribution in [2.24, 2.45) is 0 Å². The first-order valence-electron chi connectivity index (χ1n) is 5.12. The van der Waals surface area contributed by atoms with Gasteiger partial charge in [0.1, 0.15) is 5.38 Å². The van der Waals surface area contributed by atoms with Crippen molar-refractivity contribution in [1.82, 2.24) is 9.88 Å². The van der Waals surface area contributed by atoms with Gasteiger partial charge in [0.2, 0.25) is 5.91 Å². The van der Waals surface area contributed by atoms with Gasteiger partial charge in [0.15, 0.2) is 0 Å². The molecule has 15 heavy (non-hydrogen) atoms. The number of nitrogens with zero attached hydrogens (tertiary/aromatic N) is 2. The number of hydrogen-bond acceptors (Lipinski definition) is 2. The Morgan fingerprint density at radius 3 is 2.80 bits per heavy atom. The summed E-state index contributed by atoms with van der Waals surface area (Å²) in [7, 11) is 0. The summed E-state index contributed by atoms with van der Waals surface area (Å²) in [5.74, 6) is 0.00201. The Balaban J connectivity index is 2.07. The van der Waals surface area contributed by atoms with Crippen molar-refractivity contribution in [3.63, 3.8) is 0 Å². The Kier molecular flexibility index (Phi) is 3.21. The van der Waals surface area contributed by atoms with E-state index in [-0.39, 0.29) is 5.91 Å². The molecule has 3 nitrogen and oxygen atoms in total. The van der Waals surface area contributed by atoms with Gasteiger partial charge < -0.3 is 4.90 Å². The molecule has 0 radical (unpaired) electrons. The smallest absolute Gasteiger partial charge is 0.245 e. The van der Waals surface area contributed by atoms with Gasteiger partial charge in [0, 0.05) is 25.5 Å². The number of amides is 1. The van der Waals surface area contributed by atoms with Crippen LogP contribution in [-0.2, 0) is 4.79 Å². The summed E-state index contributed by atoms with van der Waals surface area (Å²) in [5.41, 5.74) is 0.774. The van der Waals surface area contributed by atoms with Crippen LogP contribution in [-0.4, -0.2) is 28.9 Å². The zero-order chi connectivity index (χ0) is 10.7. The minimum absolute atomic E-state index is 0.00201. The van der Waals surface area contributed by atoms with Crippen molar-refractivity contribution < 1.29 is 4.79 Å². The predicted molar refractivity (Wildman–Crippen MR) is 58.6 cm³/mol. The Bertz CT molecular complexity index is 336. The van der Waals surface area contributed by atoms with Crippen LogP contribution < -0.4 is 0 Å². The number of pyridine rings is 1. The molecular formula is C11H13ClN2O. The summed E-state index contributed by atoms with van der Waals surface area (Å²) < 4.78 is 0. The first kappa shape index (κ1) is 10.4. The summed E-state index contributed by atoms with van der Waals surface area (Å²) in [5, 5.41) is -0.586. The fraction of sp³-hybridized carbons (Fsp3) is 0.455. The maximum absolute atomic E-state index is 11.9. The minimum atomic E-state index is -0.586. The molecule has 2 heterocycles. The van der Waals surface area contributed by atoms with Crippen LogP contribution in [0.15, 0.2) is 24.5 Å². The SMILES string of the molecule is O=C(C(Cl)c1cccnc1)N1CCCC1. The summed E-state index contributed by atoms with van der Waals surface area (Å²) in [6.45, 7) is 1.67. The number of carbonyl (C=O) groups excluding carboxylic acids is 1. The van der Waals surface area contributed by atoms with E-state index in [2.05, 4.69) is 4.98 Å². The highest BCUT2D eigenvalue weighted by molar-refractivity contribution is 6.30. The molecule has 0 bridgehead atoms. The summed E-state index contributed by atoms with van der Waals surface area (Å²) in [6.07, 6.45) is 5.49. The number of rotatable bonds is 2. The van der Waals surface area contributed by atoms with Gasteiger partial charge in [-0.25, -0.2) is 0 Å². The molecule has 1 fully saturated rings. The highest BCUT2D eigenvalue weighted by Crippen LogP contribution is 2.23. The van der Waals surface area contributed by atoms with Crippen LogP contribution in [0.2, 0.25) is 0 Å². The van der Waals surface area contributed by atoms with E-state index in [1.807, 2.05) is 11.0 Å². The van der Waals surface area contributed by atoms with E-state index >= 15 is 0 Å². The van der Waals surface area contributed by atoms with Gasteiger partial charge in [-0.3, -0.25) is 9.78 Å². The first-order chi connectivity index (χ1) is 7.29. The van der Waals surface area contributed by atoms with Gasteiger partial charge in [-0.05, 0) is 24.5 Å². The molecule has 1 aromatic heterocycles. The maximum Gasteiger partial charge on any atom is 0.245 e. The fourth-order valence-corrected chi connectivity index (χ4v) is 2.03. The second-order valence-electron chi connectivity index (χ2n) is 3.68. The maximum atomic E-state index is 11.9. The Labute approximate surface area is 94.1 Å². The van der Waals surface area contributed by atoms with E-state index in [4.69, 9.17) is 11.6 Å². The van der Waals surface area contributed by atoms with Crippen LogP contribution >= 0.6 is 11.6 Å². The minimum Gasteiger partial charge on any atom is -0.341 e. The lowest BCUT2D eigenvalue weighted by Crippen LogP contribution is -2.30. The second kappa shape index (κ2) is 4.62. The fourth-order valence-electron chi connectivity index (χ4n) is 1.77. The van der Waals surface area contributed by atoms with Crippen LogP contribution in [0.5, 0.6) is 0 Å². The van der Waals surface area contributed by atoms with Gasteiger partial charge in [-0.2, -0.15) is 0 Å². The molecular weight excluding hydrogens is 212 g/mol. The number of alkyl halides is 1. The van der Waals surface area contributed by atoms with E-state index < -0.39 is 5.38 Å². The quantitative estimate of drug-likeness (QED) is 0.720. The number of carbonyl (C=O) groups is 1. The van der Waals surface area contributed by atoms with Crippen LogP contribution in [0.3, 0.4) is 0 Å². The molecule has 1 aromatic rings. The van der Waals surface area contributed by atoms with Crippen LogP contribution in [0.1, 0.15) is 23.8 Å². The normalized spacial score (nSPS) is 17.8. The number of hydrogen-bond donors (Lipinski definition) is 0. The third kappa shape index (κ3) is 2.29. The van der Waals surface area contributed by atoms with E-state index in [0.717, 1.165) is 31.5 Å². The van der Waals surface area contributed by atoms with Crippen molar-refractivity contribution in [3.8, 4) is 0 Å². The molecule has 1 atom stereocenters. The van der Waals surface area contributed by atoms with Gasteiger partial charge in [0.05, 0.1) is 0 Å². The van der Waals surface area contributed by atoms with Crippen LogP contribution in [0.25, 0.3) is 0 Å². The number of halogens is 1. The van der Waals surface area contributed by atoms with Crippen molar-refractivity contribution >= 4 is 17.5 Å². The lowest BCUT2D eigenvalue weighted by Gasteiger charge is -2.18. The second-order valence-corrected chi connectivity index (χ2v) is 4.12. The molecule has 0 aliphatic carbocycles. The Hall–Kier alpha value is -1.09. The number of aromatic nitrogens is 1. The van der Waals surface area contributed by atoms with Crippen molar-refractivity contribution in [2.75, 3.05) is 13.1 Å². The van der Waals surface area contributed by atoms with Crippen molar-refractivity contribution in [1.29, 1.82) is 0 Å². The van der Waals surface area contributed by atoms with Gasteiger partial charge in [0.25, 0.3) is 0 Å². The first-order valence-corrected chi connectivity index (χ1v) is 5.55. The molecule has 0 saturated carbocycles. The average molecular weight is 225 g/mol. The molecule has 1 amide bonds. The average Bonchev–Trinajstić information content (AvgIpc) is 2.82. The van der Waals surface area contributed by atoms with Crippen LogP contribution in [0.4, 0.5) is 0 Å². The predicted octanol–water partition coefficient (Wildman–Crippen LogP) is 1.98. The topological polar surface area (TPSA) is 33.2 Å². The molecule has 0 aromatic carbocycles. The van der Waals surface area contributed by atoms with Crippen LogP contribution in [0, 0.1) is 0 Å². The summed E-state index contributed by atoms with van der Waals surface area (Å²) in [4.78, 5) is 17.7. The molecule has 1 aliphatic heterocycles. The molecule has 0 spiro atoms. The number of likely N-dealkylation sites (tertiary alicyclic amines) is 1. The van der Waals surface area contributed by atoms with Crippen molar-refractivity contribution in [2.45, 2.75) is 18.2 Å². The van der Waals surface area contributed by atoms with E-state index in [1.54, 1.807) is 18.5 Å². The standard InChI is InChI=1S/C11H13ClN2O/c12-10(9-4-3-5-13-8-9)11(15)14-6-1-2-7-14/h3-5,8,10H,1-2,6-7H2. The molecule has 1 aliphatic rings. The molecule has 80 valence electrons. The Morgan fingerprint density at radius 1 is 1.47 bits per heavy atom. The molecule has 2 rings (SSSR count). The highest BCUT2D eigenvalue weighted by atomic mass is 35.5. The highest BCUT2D eigenvalue weighted by Gasteiger charge is 2.25. The third-order valence-electron chi connectivity index (χ3n) is 2.61. The molecule has 1 saturated heterocycles. The monoisotopic (exact) mass is 224 g/mol.